The molecule has 1 aromatic rings. The van der Waals surface area contributed by atoms with Crippen molar-refractivity contribution >= 4 is 27.9 Å². The third-order valence-electron chi connectivity index (χ3n) is 3.31. The van der Waals surface area contributed by atoms with Crippen LogP contribution < -0.4 is 15.4 Å². The Bertz CT molecular complexity index is 671. The summed E-state index contributed by atoms with van der Waals surface area (Å²) in [5.74, 6) is -0.414. The van der Waals surface area contributed by atoms with Crippen molar-refractivity contribution in [2.75, 3.05) is 14.2 Å². The number of hydrogen-bond acceptors (Lipinski definition) is 5. The predicted octanol–water partition coefficient (Wildman–Crippen LogP) is 1.96. The smallest absolute Gasteiger partial charge is 0.337 e. The zero-order chi connectivity index (χ0) is 16.4. The summed E-state index contributed by atoms with van der Waals surface area (Å²) in [6.07, 6.45) is 0. The number of carbonyl (C=O) groups is 2. The second kappa shape index (κ2) is 6.27. The second-order valence-electron chi connectivity index (χ2n) is 4.58. The molecule has 2 amide bonds. The van der Waals surface area contributed by atoms with Crippen LogP contribution in [-0.4, -0.2) is 31.3 Å². The Balaban J connectivity index is 2.58. The SMILES string of the molecule is COC(=O)C1=C(C)NC(=O)N[C@@H]1c1ccc(OC)c(O)c1Br. The molecule has 2 rings (SSSR count). The van der Waals surface area contributed by atoms with Gasteiger partial charge in [0.05, 0.1) is 30.3 Å². The maximum Gasteiger partial charge on any atom is 0.337 e. The van der Waals surface area contributed by atoms with Crippen molar-refractivity contribution in [3.8, 4) is 11.5 Å². The van der Waals surface area contributed by atoms with E-state index in [9.17, 15) is 14.7 Å². The largest absolute Gasteiger partial charge is 0.503 e. The number of ether oxygens (including phenoxy) is 2. The van der Waals surface area contributed by atoms with E-state index in [2.05, 4.69) is 26.6 Å². The minimum atomic E-state index is -0.757. The van der Waals surface area contributed by atoms with Gasteiger partial charge in [-0.2, -0.15) is 0 Å². The maximum atomic E-state index is 12.0. The fourth-order valence-electron chi connectivity index (χ4n) is 2.26. The standard InChI is InChI=1S/C14H15BrN2O5/c1-6-9(13(19)22-3)11(17-14(20)16-6)7-4-5-8(21-2)12(18)10(7)15/h4-5,11,18H,1-3H3,(H2,16,17,20)/t11-/m1/s1. The molecule has 0 saturated heterocycles. The Morgan fingerprint density at radius 1 is 1.36 bits per heavy atom. The molecule has 8 heteroatoms. The number of benzene rings is 1. The molecule has 0 aromatic heterocycles. The first-order valence-corrected chi connectivity index (χ1v) is 7.12. The molecule has 7 nitrogen and oxygen atoms in total. The van der Waals surface area contributed by atoms with Gasteiger partial charge >= 0.3 is 12.0 Å². The van der Waals surface area contributed by atoms with E-state index >= 15 is 0 Å². The van der Waals surface area contributed by atoms with Gasteiger partial charge in [0.15, 0.2) is 11.5 Å². The fourth-order valence-corrected chi connectivity index (χ4v) is 2.81. The Labute approximate surface area is 135 Å². The summed E-state index contributed by atoms with van der Waals surface area (Å²) in [6.45, 7) is 1.61. The summed E-state index contributed by atoms with van der Waals surface area (Å²) >= 11 is 3.27. The molecule has 1 aliphatic rings. The van der Waals surface area contributed by atoms with Crippen molar-refractivity contribution in [3.63, 3.8) is 0 Å². The van der Waals surface area contributed by atoms with Gasteiger partial charge in [-0.15, -0.1) is 0 Å². The summed E-state index contributed by atoms with van der Waals surface area (Å²) in [5, 5.41) is 15.3. The monoisotopic (exact) mass is 370 g/mol. The molecule has 0 saturated carbocycles. The lowest BCUT2D eigenvalue weighted by Gasteiger charge is -2.28. The number of phenols is 1. The molecule has 0 spiro atoms. The van der Waals surface area contributed by atoms with E-state index in [4.69, 9.17) is 9.47 Å². The van der Waals surface area contributed by atoms with Gasteiger partial charge in [-0.1, -0.05) is 6.07 Å². The number of amides is 2. The van der Waals surface area contributed by atoms with Gasteiger partial charge in [0.2, 0.25) is 0 Å². The van der Waals surface area contributed by atoms with E-state index in [0.717, 1.165) is 0 Å². The molecule has 0 radical (unpaired) electrons. The number of nitrogens with one attached hydrogen (secondary N) is 2. The van der Waals surface area contributed by atoms with Crippen LogP contribution in [0.15, 0.2) is 27.9 Å². The van der Waals surface area contributed by atoms with Gasteiger partial charge in [-0.3, -0.25) is 0 Å². The highest BCUT2D eigenvalue weighted by molar-refractivity contribution is 9.10. The Morgan fingerprint density at radius 2 is 2.05 bits per heavy atom. The van der Waals surface area contributed by atoms with Crippen LogP contribution in [0, 0.1) is 0 Å². The molecule has 1 atom stereocenters. The average molecular weight is 371 g/mol. The van der Waals surface area contributed by atoms with Gasteiger partial charge in [-0.05, 0) is 34.5 Å². The van der Waals surface area contributed by atoms with E-state index in [0.29, 0.717) is 15.7 Å². The summed E-state index contributed by atoms with van der Waals surface area (Å²) in [5.41, 5.74) is 1.16. The van der Waals surface area contributed by atoms with E-state index in [-0.39, 0.29) is 17.1 Å². The summed E-state index contributed by atoms with van der Waals surface area (Å²) in [6, 6.07) is 1.99. The Morgan fingerprint density at radius 3 is 2.64 bits per heavy atom. The molecule has 0 aliphatic carbocycles. The van der Waals surface area contributed by atoms with Crippen LogP contribution in [-0.2, 0) is 9.53 Å². The predicted molar refractivity (Wildman–Crippen MR) is 81.5 cm³/mol. The molecule has 0 bridgehead atoms. The Hall–Kier alpha value is -2.22. The molecule has 1 aliphatic heterocycles. The molecule has 1 aromatic carbocycles. The number of carbonyl (C=O) groups excluding carboxylic acids is 2. The number of methoxy groups -OCH3 is 2. The summed E-state index contributed by atoms with van der Waals surface area (Å²) < 4.78 is 10.1. The third-order valence-corrected chi connectivity index (χ3v) is 4.15. The van der Waals surface area contributed by atoms with Crippen molar-refractivity contribution in [2.45, 2.75) is 13.0 Å². The topological polar surface area (TPSA) is 96.9 Å². The average Bonchev–Trinajstić information content (AvgIpc) is 2.48. The number of rotatable bonds is 3. The molecule has 22 heavy (non-hydrogen) atoms. The van der Waals surface area contributed by atoms with E-state index in [1.807, 2.05) is 0 Å². The summed E-state index contributed by atoms with van der Waals surface area (Å²) in [4.78, 5) is 23.7. The second-order valence-corrected chi connectivity index (χ2v) is 5.37. The molecule has 1 heterocycles. The van der Waals surface area contributed by atoms with Crippen LogP contribution in [0.3, 0.4) is 0 Å². The van der Waals surface area contributed by atoms with Crippen LogP contribution in [0.25, 0.3) is 0 Å². The lowest BCUT2D eigenvalue weighted by Crippen LogP contribution is -2.45. The number of allylic oxidation sites excluding steroid dienone is 1. The van der Waals surface area contributed by atoms with E-state index in [1.54, 1.807) is 19.1 Å². The number of hydrogen-bond donors (Lipinski definition) is 3. The minimum Gasteiger partial charge on any atom is -0.503 e. The molecule has 0 unspecified atom stereocenters. The molecule has 0 fully saturated rings. The van der Waals surface area contributed by atoms with Gasteiger partial charge < -0.3 is 25.2 Å². The maximum absolute atomic E-state index is 12.0. The fraction of sp³-hybridized carbons (Fsp3) is 0.286. The lowest BCUT2D eigenvalue weighted by molar-refractivity contribution is -0.136. The number of urea groups is 1. The van der Waals surface area contributed by atoms with Crippen molar-refractivity contribution in [1.29, 1.82) is 0 Å². The Kier molecular flexibility index (Phi) is 4.60. The summed E-state index contributed by atoms with van der Waals surface area (Å²) in [7, 11) is 2.69. The highest BCUT2D eigenvalue weighted by Gasteiger charge is 2.33. The number of halogens is 1. The lowest BCUT2D eigenvalue weighted by atomic mass is 9.95. The van der Waals surface area contributed by atoms with Crippen LogP contribution in [0.4, 0.5) is 4.79 Å². The van der Waals surface area contributed by atoms with Crippen LogP contribution in [0.5, 0.6) is 11.5 Å². The molecular formula is C14H15BrN2O5. The highest BCUT2D eigenvalue weighted by Crippen LogP contribution is 2.41. The first kappa shape index (κ1) is 16.2. The quantitative estimate of drug-likeness (QED) is 0.706. The minimum absolute atomic E-state index is 0.116. The molecule has 118 valence electrons. The first-order chi connectivity index (χ1) is 10.4. The molecular weight excluding hydrogens is 356 g/mol. The van der Waals surface area contributed by atoms with Gasteiger partial charge in [0.25, 0.3) is 0 Å². The van der Waals surface area contributed by atoms with Crippen molar-refractivity contribution in [1.82, 2.24) is 10.6 Å². The zero-order valence-corrected chi connectivity index (χ0v) is 13.8. The van der Waals surface area contributed by atoms with E-state index in [1.165, 1.54) is 14.2 Å². The first-order valence-electron chi connectivity index (χ1n) is 6.32. The zero-order valence-electron chi connectivity index (χ0n) is 12.2. The normalized spacial score (nSPS) is 17.6. The molecule has 3 N–H and O–H groups in total. The highest BCUT2D eigenvalue weighted by atomic mass is 79.9. The van der Waals surface area contributed by atoms with Gasteiger partial charge in [-0.25, -0.2) is 9.59 Å². The van der Waals surface area contributed by atoms with Gasteiger partial charge in [0.1, 0.15) is 0 Å². The van der Waals surface area contributed by atoms with Crippen molar-refractivity contribution in [2.24, 2.45) is 0 Å². The van der Waals surface area contributed by atoms with Crippen LogP contribution in [0.2, 0.25) is 0 Å². The number of phenolic OH excluding ortho intramolecular Hbond substituents is 1. The van der Waals surface area contributed by atoms with Crippen LogP contribution >= 0.6 is 15.9 Å². The van der Waals surface area contributed by atoms with Crippen molar-refractivity contribution < 1.29 is 24.2 Å². The number of esters is 1. The van der Waals surface area contributed by atoms with Gasteiger partial charge in [0, 0.05) is 5.70 Å². The van der Waals surface area contributed by atoms with Crippen LogP contribution in [0.1, 0.15) is 18.5 Å². The number of aromatic hydroxyl groups is 1. The van der Waals surface area contributed by atoms with Crippen molar-refractivity contribution in [3.05, 3.63) is 33.4 Å². The third kappa shape index (κ3) is 2.74. The van der Waals surface area contributed by atoms with E-state index < -0.39 is 18.0 Å².